The highest BCUT2D eigenvalue weighted by Crippen LogP contribution is 2.32. The van der Waals surface area contributed by atoms with Crippen LogP contribution in [0.15, 0.2) is 24.3 Å². The number of aryl methyl sites for hydroxylation is 1. The summed E-state index contributed by atoms with van der Waals surface area (Å²) < 4.78 is 0. The first kappa shape index (κ1) is 16.6. The van der Waals surface area contributed by atoms with Crippen molar-refractivity contribution in [2.75, 3.05) is 11.9 Å². The van der Waals surface area contributed by atoms with Gasteiger partial charge in [0.25, 0.3) is 0 Å². The molecule has 5 N–H and O–H groups in total. The molecule has 2 heterocycles. The lowest BCUT2D eigenvalue weighted by atomic mass is 9.88. The number of piperidine rings is 1. The van der Waals surface area contributed by atoms with Gasteiger partial charge < -0.3 is 26.0 Å². The molecule has 24 heavy (non-hydrogen) atoms. The number of hydrogen-bond donors (Lipinski definition) is 5. The average Bonchev–Trinajstić information content (AvgIpc) is 2.53. The molecule has 2 aromatic rings. The Morgan fingerprint density at radius 3 is 2.92 bits per heavy atom. The predicted molar refractivity (Wildman–Crippen MR) is 89.3 cm³/mol. The average molecular weight is 331 g/mol. The molecule has 1 aromatic heterocycles. The summed E-state index contributed by atoms with van der Waals surface area (Å²) in [7, 11) is 0. The largest absolute Gasteiger partial charge is 0.378 e. The topological polar surface area (TPSA) is 115 Å². The Bertz CT molecular complexity index is 763. The molecule has 1 aromatic carbocycles. The quantitative estimate of drug-likeness (QED) is 0.524. The number of nitrogens with one attached hydrogen (secondary N) is 2. The van der Waals surface area contributed by atoms with Crippen molar-refractivity contribution in [1.29, 1.82) is 0 Å². The van der Waals surface area contributed by atoms with E-state index < -0.39 is 12.5 Å². The van der Waals surface area contributed by atoms with Gasteiger partial charge in [0.15, 0.2) is 6.29 Å². The van der Waals surface area contributed by atoms with E-state index in [1.807, 2.05) is 31.2 Å². The number of benzene rings is 1. The van der Waals surface area contributed by atoms with Crippen LogP contribution >= 0.6 is 0 Å². The number of hydrogen-bond acceptors (Lipinski definition) is 6. The second kappa shape index (κ2) is 6.72. The van der Waals surface area contributed by atoms with E-state index in [0.29, 0.717) is 18.5 Å². The SMILES string of the molecule is Cc1nc2c(NCC(O)O)cccc2cc1C1CCC(=O)NC1O. The van der Waals surface area contributed by atoms with E-state index in [0.717, 1.165) is 22.2 Å². The van der Waals surface area contributed by atoms with Gasteiger partial charge in [-0.3, -0.25) is 9.78 Å². The van der Waals surface area contributed by atoms with E-state index in [1.165, 1.54) is 0 Å². The zero-order chi connectivity index (χ0) is 17.3. The first-order valence-corrected chi connectivity index (χ1v) is 7.93. The highest BCUT2D eigenvalue weighted by atomic mass is 16.5. The van der Waals surface area contributed by atoms with E-state index in [-0.39, 0.29) is 18.4 Å². The van der Waals surface area contributed by atoms with Crippen molar-refractivity contribution in [3.63, 3.8) is 0 Å². The molecule has 0 bridgehead atoms. The van der Waals surface area contributed by atoms with Gasteiger partial charge in [-0.15, -0.1) is 0 Å². The van der Waals surface area contributed by atoms with Crippen molar-refractivity contribution in [3.8, 4) is 0 Å². The molecule has 0 spiro atoms. The van der Waals surface area contributed by atoms with Gasteiger partial charge in [-0.1, -0.05) is 12.1 Å². The number of carbonyl (C=O) groups is 1. The van der Waals surface area contributed by atoms with E-state index in [4.69, 9.17) is 10.2 Å². The highest BCUT2D eigenvalue weighted by molar-refractivity contribution is 5.91. The third-order valence-corrected chi connectivity index (χ3v) is 4.32. The summed E-state index contributed by atoms with van der Waals surface area (Å²) in [5, 5.41) is 34.6. The molecule has 1 fully saturated rings. The summed E-state index contributed by atoms with van der Waals surface area (Å²) in [6.07, 6.45) is -1.39. The van der Waals surface area contributed by atoms with Crippen LogP contribution in [0.2, 0.25) is 0 Å². The lowest BCUT2D eigenvalue weighted by molar-refractivity contribution is -0.127. The maximum absolute atomic E-state index is 11.4. The van der Waals surface area contributed by atoms with Gasteiger partial charge in [0.05, 0.1) is 17.7 Å². The van der Waals surface area contributed by atoms with Gasteiger partial charge in [0.2, 0.25) is 5.91 Å². The Morgan fingerprint density at radius 2 is 2.21 bits per heavy atom. The van der Waals surface area contributed by atoms with Crippen molar-refractivity contribution < 1.29 is 20.1 Å². The van der Waals surface area contributed by atoms with Crippen LogP contribution in [0.5, 0.6) is 0 Å². The highest BCUT2D eigenvalue weighted by Gasteiger charge is 2.29. The second-order valence-electron chi connectivity index (χ2n) is 6.06. The maximum Gasteiger partial charge on any atom is 0.222 e. The molecule has 2 atom stereocenters. The standard InChI is InChI=1S/C17H21N3O4/c1-9-12(11-5-6-14(21)20-17(11)24)7-10-3-2-4-13(16(10)19-9)18-8-15(22)23/h2-4,7,11,15,17-18,22-24H,5-6,8H2,1H3,(H,20,21). The molecule has 1 saturated heterocycles. The summed E-state index contributed by atoms with van der Waals surface area (Å²) >= 11 is 0. The molecular weight excluding hydrogens is 310 g/mol. The molecule has 1 amide bonds. The number of nitrogens with zero attached hydrogens (tertiary/aromatic N) is 1. The minimum atomic E-state index is -1.44. The molecule has 1 aliphatic rings. The molecule has 1 aliphatic heterocycles. The molecule has 0 aliphatic carbocycles. The van der Waals surface area contributed by atoms with Gasteiger partial charge in [-0.2, -0.15) is 0 Å². The fourth-order valence-electron chi connectivity index (χ4n) is 3.13. The van der Waals surface area contributed by atoms with Crippen molar-refractivity contribution >= 4 is 22.5 Å². The van der Waals surface area contributed by atoms with Crippen LogP contribution < -0.4 is 10.6 Å². The van der Waals surface area contributed by atoms with Gasteiger partial charge in [0, 0.05) is 23.4 Å². The smallest absolute Gasteiger partial charge is 0.222 e. The van der Waals surface area contributed by atoms with Crippen LogP contribution in [-0.4, -0.2) is 45.3 Å². The molecule has 7 nitrogen and oxygen atoms in total. The summed E-state index contributed by atoms with van der Waals surface area (Å²) in [4.78, 5) is 16.0. The number of fused-ring (bicyclic) bond motifs is 1. The Kier molecular flexibility index (Phi) is 4.66. The molecule has 7 heteroatoms. The number of anilines is 1. The van der Waals surface area contributed by atoms with E-state index in [9.17, 15) is 9.90 Å². The van der Waals surface area contributed by atoms with Crippen LogP contribution in [0.3, 0.4) is 0 Å². The summed E-state index contributed by atoms with van der Waals surface area (Å²) in [6.45, 7) is 1.88. The third-order valence-electron chi connectivity index (χ3n) is 4.32. The fraction of sp³-hybridized carbons (Fsp3) is 0.412. The minimum Gasteiger partial charge on any atom is -0.378 e. The fourth-order valence-corrected chi connectivity index (χ4v) is 3.13. The number of aliphatic hydroxyl groups excluding tert-OH is 2. The Hall–Kier alpha value is -2.22. The monoisotopic (exact) mass is 331 g/mol. The summed E-state index contributed by atoms with van der Waals surface area (Å²) in [6, 6.07) is 7.57. The molecular formula is C17H21N3O4. The van der Waals surface area contributed by atoms with Crippen LogP contribution in [0.25, 0.3) is 10.9 Å². The van der Waals surface area contributed by atoms with E-state index in [2.05, 4.69) is 15.6 Å². The Morgan fingerprint density at radius 1 is 1.42 bits per heavy atom. The van der Waals surface area contributed by atoms with Crippen molar-refractivity contribution in [2.24, 2.45) is 0 Å². The number of aromatic nitrogens is 1. The van der Waals surface area contributed by atoms with Crippen molar-refractivity contribution in [1.82, 2.24) is 10.3 Å². The number of pyridine rings is 1. The lowest BCUT2D eigenvalue weighted by Gasteiger charge is -2.29. The van der Waals surface area contributed by atoms with Crippen LogP contribution in [0.4, 0.5) is 5.69 Å². The summed E-state index contributed by atoms with van der Waals surface area (Å²) in [5.74, 6) is -0.324. The maximum atomic E-state index is 11.4. The van der Waals surface area contributed by atoms with Gasteiger partial charge in [-0.25, -0.2) is 0 Å². The third kappa shape index (κ3) is 3.33. The number of aliphatic hydroxyl groups is 3. The van der Waals surface area contributed by atoms with Gasteiger partial charge in [-0.05, 0) is 31.0 Å². The normalized spacial score (nSPS) is 21.1. The zero-order valence-electron chi connectivity index (χ0n) is 13.4. The van der Waals surface area contributed by atoms with E-state index >= 15 is 0 Å². The number of para-hydroxylation sites is 1. The number of amides is 1. The molecule has 2 unspecified atom stereocenters. The Labute approximate surface area is 139 Å². The van der Waals surface area contributed by atoms with Crippen LogP contribution in [0, 0.1) is 6.92 Å². The van der Waals surface area contributed by atoms with Crippen LogP contribution in [-0.2, 0) is 4.79 Å². The first-order valence-electron chi connectivity index (χ1n) is 7.93. The van der Waals surface area contributed by atoms with Gasteiger partial charge in [0.1, 0.15) is 6.23 Å². The molecule has 128 valence electrons. The van der Waals surface area contributed by atoms with Gasteiger partial charge >= 0.3 is 0 Å². The molecule has 3 rings (SSSR count). The molecule has 0 saturated carbocycles. The summed E-state index contributed by atoms with van der Waals surface area (Å²) in [5.41, 5.74) is 3.14. The zero-order valence-corrected chi connectivity index (χ0v) is 13.4. The lowest BCUT2D eigenvalue weighted by Crippen LogP contribution is -2.43. The number of carbonyl (C=O) groups excluding carboxylic acids is 1. The molecule has 0 radical (unpaired) electrons. The first-order chi connectivity index (χ1) is 11.5. The number of rotatable bonds is 4. The Balaban J connectivity index is 1.97. The van der Waals surface area contributed by atoms with Crippen LogP contribution in [0.1, 0.15) is 30.0 Å². The predicted octanol–water partition coefficient (Wildman–Crippen LogP) is 0.578. The van der Waals surface area contributed by atoms with Crippen molar-refractivity contribution in [3.05, 3.63) is 35.5 Å². The van der Waals surface area contributed by atoms with E-state index in [1.54, 1.807) is 0 Å². The second-order valence-corrected chi connectivity index (χ2v) is 6.06. The minimum absolute atomic E-state index is 0.00889. The van der Waals surface area contributed by atoms with Crippen molar-refractivity contribution in [2.45, 2.75) is 38.2 Å².